The minimum absolute atomic E-state index is 0.0167. The number of para-hydroxylation sites is 1. The molecule has 4 heterocycles. The van der Waals surface area contributed by atoms with E-state index in [4.69, 9.17) is 11.6 Å². The van der Waals surface area contributed by atoms with Crippen LogP contribution in [0, 0.1) is 0 Å². The quantitative estimate of drug-likeness (QED) is 0.201. The third kappa shape index (κ3) is 5.26. The Balaban J connectivity index is 1.17. The van der Waals surface area contributed by atoms with Crippen LogP contribution in [0.25, 0.3) is 16.6 Å². The average molecular weight is 540 g/mol. The van der Waals surface area contributed by atoms with E-state index in [1.165, 1.54) is 0 Å². The summed E-state index contributed by atoms with van der Waals surface area (Å²) >= 11 is 6.98. The number of rotatable bonds is 8. The molecule has 5 aromatic rings. The minimum atomic E-state index is -0.0167. The fourth-order valence-corrected chi connectivity index (χ4v) is 5.65. The Morgan fingerprint density at radius 2 is 1.79 bits per heavy atom. The summed E-state index contributed by atoms with van der Waals surface area (Å²) in [6.07, 6.45) is 11.1. The van der Waals surface area contributed by atoms with E-state index in [-0.39, 0.29) is 5.91 Å². The summed E-state index contributed by atoms with van der Waals surface area (Å²) in [5, 5.41) is 8.06. The van der Waals surface area contributed by atoms with Crippen molar-refractivity contribution in [2.45, 2.75) is 25.4 Å². The predicted octanol–water partition coefficient (Wildman–Crippen LogP) is 5.51. The first-order chi connectivity index (χ1) is 19.2. The SMILES string of the molecule is O=C(c1c(Cl)n(-c2ccc(NCNCc3cccnc3)cc2)c2ccccc12)N1CCC(n2ccnc2)CC1. The number of hydrogen-bond acceptors (Lipinski definition) is 5. The molecule has 1 aliphatic heterocycles. The Morgan fingerprint density at radius 3 is 2.54 bits per heavy atom. The number of hydrogen-bond donors (Lipinski definition) is 2. The standard InChI is InChI=1S/C30H30ClN7O/c31-29-28(30(39)36-15-11-24(12-16-36)37-17-14-33-21-37)26-5-1-2-6-27(26)38(29)25-9-7-23(8-10-25)35-20-34-19-22-4-3-13-32-18-22/h1-10,13-14,17-18,21,24,34-35H,11-12,15-16,19-20H2. The lowest BCUT2D eigenvalue weighted by molar-refractivity contribution is 0.0696. The molecule has 2 N–H and O–H groups in total. The summed E-state index contributed by atoms with van der Waals surface area (Å²) in [7, 11) is 0. The summed E-state index contributed by atoms with van der Waals surface area (Å²) < 4.78 is 4.10. The van der Waals surface area contributed by atoms with Gasteiger partial charge in [0.25, 0.3) is 5.91 Å². The molecule has 0 bridgehead atoms. The molecule has 6 rings (SSSR count). The van der Waals surface area contributed by atoms with Gasteiger partial charge in [-0.2, -0.15) is 0 Å². The molecule has 0 aliphatic carbocycles. The van der Waals surface area contributed by atoms with E-state index >= 15 is 0 Å². The lowest BCUT2D eigenvalue weighted by atomic mass is 10.0. The fourth-order valence-electron chi connectivity index (χ4n) is 5.28. The normalized spacial score (nSPS) is 14.1. The van der Waals surface area contributed by atoms with E-state index in [1.54, 1.807) is 12.4 Å². The summed E-state index contributed by atoms with van der Waals surface area (Å²) in [5.74, 6) is -0.0167. The number of fused-ring (bicyclic) bond motifs is 1. The van der Waals surface area contributed by atoms with Crippen LogP contribution in [0.2, 0.25) is 5.15 Å². The van der Waals surface area contributed by atoms with Crippen LogP contribution in [0.15, 0.2) is 91.8 Å². The van der Waals surface area contributed by atoms with Crippen LogP contribution < -0.4 is 10.6 Å². The van der Waals surface area contributed by atoms with Gasteiger partial charge in [-0.3, -0.25) is 19.7 Å². The largest absolute Gasteiger partial charge is 0.372 e. The second-order valence-corrected chi connectivity index (χ2v) is 10.1. The number of amides is 1. The number of likely N-dealkylation sites (tertiary alicyclic amines) is 1. The van der Waals surface area contributed by atoms with Gasteiger partial charge in [-0.1, -0.05) is 35.9 Å². The third-order valence-corrected chi connectivity index (χ3v) is 7.68. The number of anilines is 1. The monoisotopic (exact) mass is 539 g/mol. The van der Waals surface area contributed by atoms with Gasteiger partial charge in [-0.15, -0.1) is 0 Å². The van der Waals surface area contributed by atoms with Gasteiger partial charge in [0.15, 0.2) is 0 Å². The second-order valence-electron chi connectivity index (χ2n) is 9.74. The first-order valence-corrected chi connectivity index (χ1v) is 13.6. The molecule has 0 radical (unpaired) electrons. The number of nitrogens with zero attached hydrogens (tertiary/aromatic N) is 5. The number of imidazole rings is 1. The van der Waals surface area contributed by atoms with E-state index in [2.05, 4.69) is 25.2 Å². The van der Waals surface area contributed by atoms with Crippen LogP contribution in [-0.4, -0.2) is 49.7 Å². The van der Waals surface area contributed by atoms with Gasteiger partial charge in [0.1, 0.15) is 5.15 Å². The Hall–Kier alpha value is -4.14. The minimum Gasteiger partial charge on any atom is -0.372 e. The molecule has 9 heteroatoms. The number of carbonyl (C=O) groups excluding carboxylic acids is 1. The highest BCUT2D eigenvalue weighted by Gasteiger charge is 2.29. The summed E-state index contributed by atoms with van der Waals surface area (Å²) in [6.45, 7) is 2.74. The van der Waals surface area contributed by atoms with Gasteiger partial charge in [0, 0.05) is 67.2 Å². The van der Waals surface area contributed by atoms with Crippen molar-refractivity contribution in [3.8, 4) is 5.69 Å². The highest BCUT2D eigenvalue weighted by Crippen LogP contribution is 2.35. The van der Waals surface area contributed by atoms with Crippen molar-refractivity contribution in [2.75, 3.05) is 25.1 Å². The van der Waals surface area contributed by atoms with E-state index in [9.17, 15) is 4.79 Å². The van der Waals surface area contributed by atoms with Gasteiger partial charge >= 0.3 is 0 Å². The maximum absolute atomic E-state index is 13.8. The zero-order valence-electron chi connectivity index (χ0n) is 21.5. The van der Waals surface area contributed by atoms with Crippen molar-refractivity contribution in [3.05, 3.63) is 108 Å². The Bertz CT molecular complexity index is 1540. The Morgan fingerprint density at radius 1 is 0.974 bits per heavy atom. The van der Waals surface area contributed by atoms with Crippen LogP contribution >= 0.6 is 11.6 Å². The van der Waals surface area contributed by atoms with Gasteiger partial charge < -0.3 is 14.8 Å². The number of pyridine rings is 1. The number of halogens is 1. The molecular weight excluding hydrogens is 510 g/mol. The van der Waals surface area contributed by atoms with Crippen molar-refractivity contribution in [2.24, 2.45) is 0 Å². The van der Waals surface area contributed by atoms with Crippen molar-refractivity contribution < 1.29 is 4.79 Å². The van der Waals surface area contributed by atoms with Crippen LogP contribution in [-0.2, 0) is 6.54 Å². The second kappa shape index (κ2) is 11.3. The number of benzene rings is 2. The van der Waals surface area contributed by atoms with Crippen LogP contribution in [0.4, 0.5) is 5.69 Å². The molecule has 0 unspecified atom stereocenters. The molecule has 198 valence electrons. The topological polar surface area (TPSA) is 80.0 Å². The lowest BCUT2D eigenvalue weighted by Gasteiger charge is -2.32. The van der Waals surface area contributed by atoms with Crippen molar-refractivity contribution >= 4 is 34.1 Å². The van der Waals surface area contributed by atoms with E-state index in [0.29, 0.717) is 36.5 Å². The smallest absolute Gasteiger partial charge is 0.257 e. The average Bonchev–Trinajstić information content (AvgIpc) is 3.62. The number of aromatic nitrogens is 4. The van der Waals surface area contributed by atoms with Crippen molar-refractivity contribution in [1.29, 1.82) is 0 Å². The van der Waals surface area contributed by atoms with Crippen LogP contribution in [0.1, 0.15) is 34.8 Å². The summed E-state index contributed by atoms with van der Waals surface area (Å²) in [4.78, 5) is 24.0. The number of nitrogens with one attached hydrogen (secondary N) is 2. The highest BCUT2D eigenvalue weighted by molar-refractivity contribution is 6.36. The molecule has 1 fully saturated rings. The predicted molar refractivity (Wildman–Crippen MR) is 154 cm³/mol. The molecule has 1 saturated heterocycles. The molecule has 0 saturated carbocycles. The maximum atomic E-state index is 13.8. The first kappa shape index (κ1) is 25.2. The lowest BCUT2D eigenvalue weighted by Crippen LogP contribution is -2.39. The summed E-state index contributed by atoms with van der Waals surface area (Å²) in [5.41, 5.74) is 4.51. The molecule has 1 aliphatic rings. The highest BCUT2D eigenvalue weighted by atomic mass is 35.5. The van der Waals surface area contributed by atoms with E-state index < -0.39 is 0 Å². The number of carbonyl (C=O) groups is 1. The maximum Gasteiger partial charge on any atom is 0.257 e. The van der Waals surface area contributed by atoms with Gasteiger partial charge in [-0.25, -0.2) is 4.98 Å². The number of piperidine rings is 1. The van der Waals surface area contributed by atoms with Gasteiger partial charge in [0.2, 0.25) is 0 Å². The molecule has 1 amide bonds. The van der Waals surface area contributed by atoms with E-state index in [0.717, 1.165) is 47.2 Å². The van der Waals surface area contributed by atoms with Crippen LogP contribution in [0.5, 0.6) is 0 Å². The molecule has 3 aromatic heterocycles. The van der Waals surface area contributed by atoms with E-state index in [1.807, 2.05) is 88.9 Å². The fraction of sp³-hybridized carbons (Fsp3) is 0.233. The third-order valence-electron chi connectivity index (χ3n) is 7.32. The molecular formula is C30H30ClN7O. The molecule has 8 nitrogen and oxygen atoms in total. The summed E-state index contributed by atoms with van der Waals surface area (Å²) in [6, 6.07) is 20.4. The van der Waals surface area contributed by atoms with Crippen LogP contribution in [0.3, 0.4) is 0 Å². The molecule has 39 heavy (non-hydrogen) atoms. The molecule has 0 atom stereocenters. The van der Waals surface area contributed by atoms with Gasteiger partial charge in [-0.05, 0) is 54.8 Å². The molecule has 0 spiro atoms. The zero-order valence-corrected chi connectivity index (χ0v) is 22.3. The van der Waals surface area contributed by atoms with Gasteiger partial charge in [0.05, 0.1) is 24.1 Å². The zero-order chi connectivity index (χ0) is 26.6. The van der Waals surface area contributed by atoms with Crippen molar-refractivity contribution in [1.82, 2.24) is 29.3 Å². The Labute approximate surface area is 232 Å². The first-order valence-electron chi connectivity index (χ1n) is 13.2. The Kier molecular flexibility index (Phi) is 7.29. The molecule has 2 aromatic carbocycles. The van der Waals surface area contributed by atoms with Crippen molar-refractivity contribution in [3.63, 3.8) is 0 Å².